The second-order valence-corrected chi connectivity index (χ2v) is 14.7. The van der Waals surface area contributed by atoms with Crippen LogP contribution in [0.1, 0.15) is 11.1 Å². The first-order chi connectivity index (χ1) is 28.6. The first-order valence-corrected chi connectivity index (χ1v) is 19.6. The van der Waals surface area contributed by atoms with Crippen LogP contribution < -0.4 is 0 Å². The molecule has 0 aliphatic rings. The van der Waals surface area contributed by atoms with Crippen molar-refractivity contribution in [2.24, 2.45) is 0 Å². The van der Waals surface area contributed by atoms with Crippen LogP contribution in [0.25, 0.3) is 89.0 Å². The predicted molar refractivity (Wildman–Crippen MR) is 241 cm³/mol. The minimum Gasteiger partial charge on any atom is -0.316 e. The number of aryl methyl sites for hydroxylation is 2. The summed E-state index contributed by atoms with van der Waals surface area (Å²) in [5.41, 5.74) is 11.0. The van der Waals surface area contributed by atoms with Crippen LogP contribution >= 0.6 is 0 Å². The van der Waals surface area contributed by atoms with Gasteiger partial charge in [-0.15, -0.1) is 0 Å². The van der Waals surface area contributed by atoms with E-state index in [0.717, 1.165) is 44.7 Å². The van der Waals surface area contributed by atoms with Crippen LogP contribution in [0.3, 0.4) is 0 Å². The molecule has 0 atom stereocenters. The molecule has 0 spiro atoms. The van der Waals surface area contributed by atoms with Gasteiger partial charge in [0.2, 0.25) is 0 Å². The number of fused-ring (bicyclic) bond motifs is 7. The minimum absolute atomic E-state index is 0.640. The number of hydrogen-bond acceptors (Lipinski definition) is 3. The largest absolute Gasteiger partial charge is 0.316 e. The Labute approximate surface area is 337 Å². The van der Waals surface area contributed by atoms with Crippen molar-refractivity contribution in [3.05, 3.63) is 211 Å². The van der Waals surface area contributed by atoms with E-state index in [2.05, 4.69) is 144 Å². The SMILES string of the molecule is Cc1cc(-c2nc(-c3ccccc3)nc(-c3ccccc3)n2)cc(-n2c3ccccc3c3c4c(ccc5ccn(-c6ccccc6)c54)ccc32)c1.Cc1ccccc1. The third kappa shape index (κ3) is 6.39. The maximum absolute atomic E-state index is 5.06. The molecule has 0 unspecified atom stereocenters. The second-order valence-electron chi connectivity index (χ2n) is 14.7. The number of para-hydroxylation sites is 2. The monoisotopic (exact) mass is 745 g/mol. The van der Waals surface area contributed by atoms with Crippen LogP contribution in [0.15, 0.2) is 200 Å². The first kappa shape index (κ1) is 34.8. The molecule has 5 heteroatoms. The molecule has 11 aromatic rings. The van der Waals surface area contributed by atoms with Crippen molar-refractivity contribution in [2.45, 2.75) is 13.8 Å². The van der Waals surface area contributed by atoms with E-state index in [4.69, 9.17) is 15.0 Å². The van der Waals surface area contributed by atoms with Crippen molar-refractivity contribution < 1.29 is 0 Å². The lowest BCUT2D eigenvalue weighted by Crippen LogP contribution is -2.01. The summed E-state index contributed by atoms with van der Waals surface area (Å²) in [5.74, 6) is 1.94. The van der Waals surface area contributed by atoms with Crippen molar-refractivity contribution in [1.29, 1.82) is 0 Å². The summed E-state index contributed by atoms with van der Waals surface area (Å²) in [4.78, 5) is 15.0. The zero-order valence-corrected chi connectivity index (χ0v) is 32.3. The summed E-state index contributed by atoms with van der Waals surface area (Å²) in [6, 6.07) is 67.7. The Morgan fingerprint density at radius 2 is 0.931 bits per heavy atom. The zero-order valence-electron chi connectivity index (χ0n) is 32.3. The zero-order chi connectivity index (χ0) is 39.0. The Kier molecular flexibility index (Phi) is 8.88. The fourth-order valence-corrected chi connectivity index (χ4v) is 8.07. The lowest BCUT2D eigenvalue weighted by atomic mass is 10.0. The van der Waals surface area contributed by atoms with Crippen molar-refractivity contribution in [3.63, 3.8) is 0 Å². The maximum Gasteiger partial charge on any atom is 0.164 e. The number of hydrogen-bond donors (Lipinski definition) is 0. The topological polar surface area (TPSA) is 48.5 Å². The summed E-state index contributed by atoms with van der Waals surface area (Å²) in [5, 5.41) is 6.13. The van der Waals surface area contributed by atoms with E-state index in [1.165, 1.54) is 38.0 Å². The molecule has 3 aromatic heterocycles. The quantitative estimate of drug-likeness (QED) is 0.176. The van der Waals surface area contributed by atoms with Crippen LogP contribution in [0.4, 0.5) is 0 Å². The van der Waals surface area contributed by atoms with Gasteiger partial charge in [0.15, 0.2) is 17.5 Å². The number of benzene rings is 8. The van der Waals surface area contributed by atoms with Crippen molar-refractivity contribution >= 4 is 43.5 Å². The van der Waals surface area contributed by atoms with E-state index < -0.39 is 0 Å². The van der Waals surface area contributed by atoms with E-state index in [-0.39, 0.29) is 0 Å². The van der Waals surface area contributed by atoms with Crippen LogP contribution in [0.2, 0.25) is 0 Å². The molecule has 0 aliphatic heterocycles. The van der Waals surface area contributed by atoms with Gasteiger partial charge in [-0.1, -0.05) is 151 Å². The molecule has 0 saturated carbocycles. The Hall–Kier alpha value is -7.63. The van der Waals surface area contributed by atoms with Crippen molar-refractivity contribution in [2.75, 3.05) is 0 Å². The Bertz CT molecular complexity index is 3160. The highest BCUT2D eigenvalue weighted by Crippen LogP contribution is 2.41. The number of rotatable bonds is 5. The minimum atomic E-state index is 0.640. The van der Waals surface area contributed by atoms with Gasteiger partial charge < -0.3 is 9.13 Å². The second kappa shape index (κ2) is 14.8. The summed E-state index contributed by atoms with van der Waals surface area (Å²) in [6.45, 7) is 4.23. The first-order valence-electron chi connectivity index (χ1n) is 19.6. The molecule has 0 aliphatic carbocycles. The summed E-state index contributed by atoms with van der Waals surface area (Å²) < 4.78 is 4.72. The van der Waals surface area contributed by atoms with Crippen LogP contribution in [-0.4, -0.2) is 24.1 Å². The van der Waals surface area contributed by atoms with Gasteiger partial charge in [0.05, 0.1) is 16.6 Å². The van der Waals surface area contributed by atoms with Gasteiger partial charge in [0, 0.05) is 55.8 Å². The number of nitrogens with zero attached hydrogens (tertiary/aromatic N) is 5. The van der Waals surface area contributed by atoms with Gasteiger partial charge >= 0.3 is 0 Å². The van der Waals surface area contributed by atoms with E-state index in [0.29, 0.717) is 17.5 Å². The lowest BCUT2D eigenvalue weighted by molar-refractivity contribution is 1.07. The molecule has 276 valence electrons. The van der Waals surface area contributed by atoms with Crippen LogP contribution in [-0.2, 0) is 0 Å². The van der Waals surface area contributed by atoms with E-state index in [1.54, 1.807) is 0 Å². The third-order valence-electron chi connectivity index (χ3n) is 10.7. The molecule has 0 fully saturated rings. The molecule has 3 heterocycles. The molecule has 11 rings (SSSR count). The standard InChI is InChI=1S/C46H31N5.C7H8/c1-30-27-35(46-48-44(33-13-5-2-6-14-33)47-45(49-46)34-15-7-3-8-16-34)29-37(28-30)51-39-20-12-11-19-38(39)42-40(51)24-23-31-21-22-32-25-26-50(43(32)41(31)42)36-17-9-4-10-18-36;1-7-5-3-2-4-6-7/h2-29H,1H3;2-6H,1H3. The summed E-state index contributed by atoms with van der Waals surface area (Å²) >= 11 is 0. The van der Waals surface area contributed by atoms with Crippen molar-refractivity contribution in [1.82, 2.24) is 24.1 Å². The van der Waals surface area contributed by atoms with E-state index in [1.807, 2.05) is 78.9 Å². The Morgan fingerprint density at radius 1 is 0.379 bits per heavy atom. The molecule has 0 bridgehead atoms. The van der Waals surface area contributed by atoms with Gasteiger partial charge in [-0.3, -0.25) is 0 Å². The average molecular weight is 746 g/mol. The fraction of sp³-hybridized carbons (Fsp3) is 0.0377. The average Bonchev–Trinajstić information content (AvgIpc) is 3.87. The van der Waals surface area contributed by atoms with Crippen molar-refractivity contribution in [3.8, 4) is 45.5 Å². The highest BCUT2D eigenvalue weighted by atomic mass is 15.0. The van der Waals surface area contributed by atoms with Crippen LogP contribution in [0.5, 0.6) is 0 Å². The molecular formula is C53H39N5. The lowest BCUT2D eigenvalue weighted by Gasteiger charge is -2.13. The molecular weight excluding hydrogens is 707 g/mol. The van der Waals surface area contributed by atoms with Crippen LogP contribution in [0, 0.1) is 13.8 Å². The normalized spacial score (nSPS) is 11.3. The third-order valence-corrected chi connectivity index (χ3v) is 10.7. The molecule has 58 heavy (non-hydrogen) atoms. The smallest absolute Gasteiger partial charge is 0.164 e. The number of aromatic nitrogens is 5. The van der Waals surface area contributed by atoms with Gasteiger partial charge in [0.25, 0.3) is 0 Å². The Balaban J connectivity index is 0.000000530. The molecule has 0 N–H and O–H groups in total. The molecule has 0 radical (unpaired) electrons. The summed E-state index contributed by atoms with van der Waals surface area (Å²) in [7, 11) is 0. The molecule has 5 nitrogen and oxygen atoms in total. The highest BCUT2D eigenvalue weighted by Gasteiger charge is 2.20. The van der Waals surface area contributed by atoms with Gasteiger partial charge in [-0.25, -0.2) is 15.0 Å². The fourth-order valence-electron chi connectivity index (χ4n) is 8.07. The van der Waals surface area contributed by atoms with Gasteiger partial charge in [0.1, 0.15) is 0 Å². The predicted octanol–water partition coefficient (Wildman–Crippen LogP) is 13.4. The Morgan fingerprint density at radius 3 is 1.57 bits per heavy atom. The van der Waals surface area contributed by atoms with Gasteiger partial charge in [-0.2, -0.15) is 0 Å². The van der Waals surface area contributed by atoms with Gasteiger partial charge in [-0.05, 0) is 73.3 Å². The van der Waals surface area contributed by atoms with E-state index >= 15 is 0 Å². The highest BCUT2D eigenvalue weighted by molar-refractivity contribution is 6.27. The molecule has 8 aromatic carbocycles. The summed E-state index contributed by atoms with van der Waals surface area (Å²) in [6.07, 6.45) is 2.19. The maximum atomic E-state index is 5.06. The van der Waals surface area contributed by atoms with E-state index in [9.17, 15) is 0 Å². The molecule has 0 amide bonds. The molecule has 0 saturated heterocycles.